The van der Waals surface area contributed by atoms with E-state index in [9.17, 15) is 9.59 Å². The largest absolute Gasteiger partial charge is 0.468 e. The van der Waals surface area contributed by atoms with Crippen LogP contribution in [0, 0.1) is 0 Å². The normalized spacial score (nSPS) is 10.9. The molecule has 5 heteroatoms. The van der Waals surface area contributed by atoms with Gasteiger partial charge in [0.15, 0.2) is 0 Å². The van der Waals surface area contributed by atoms with E-state index in [-0.39, 0.29) is 11.7 Å². The number of primary amides is 1. The monoisotopic (exact) mass is 191 g/mol. The van der Waals surface area contributed by atoms with E-state index < -0.39 is 10.7 Å². The quantitative estimate of drug-likeness (QED) is 0.642. The van der Waals surface area contributed by atoms with Crippen molar-refractivity contribution in [3.8, 4) is 0 Å². The van der Waals surface area contributed by atoms with Crippen molar-refractivity contribution < 1.29 is 14.3 Å². The minimum absolute atomic E-state index is 0.145. The summed E-state index contributed by atoms with van der Waals surface area (Å²) in [5.41, 5.74) is 5.09. The summed E-state index contributed by atoms with van der Waals surface area (Å²) in [5.74, 6) is -0.641. The SMILES string of the molecule is COC(=O)CSC(C)(C)C(N)=O. The molecule has 0 saturated heterocycles. The predicted molar refractivity (Wildman–Crippen MR) is 47.7 cm³/mol. The number of methoxy groups -OCH3 is 1. The van der Waals surface area contributed by atoms with Crippen molar-refractivity contribution in [1.29, 1.82) is 0 Å². The lowest BCUT2D eigenvalue weighted by Crippen LogP contribution is -2.35. The number of ether oxygens (including phenoxy) is 1. The molecule has 0 saturated carbocycles. The Labute approximate surface area is 75.8 Å². The third-order valence-electron chi connectivity index (χ3n) is 1.37. The molecule has 0 aromatic rings. The molecule has 1 amide bonds. The van der Waals surface area contributed by atoms with Crippen molar-refractivity contribution in [2.45, 2.75) is 18.6 Å². The summed E-state index contributed by atoms with van der Waals surface area (Å²) in [6.07, 6.45) is 0. The van der Waals surface area contributed by atoms with Gasteiger partial charge in [0.05, 0.1) is 17.6 Å². The van der Waals surface area contributed by atoms with Gasteiger partial charge in [0.2, 0.25) is 5.91 Å². The fourth-order valence-corrected chi connectivity index (χ4v) is 1.11. The Bertz CT molecular complexity index is 191. The molecule has 4 nitrogen and oxygen atoms in total. The van der Waals surface area contributed by atoms with Crippen LogP contribution in [-0.2, 0) is 14.3 Å². The Morgan fingerprint density at radius 2 is 2.00 bits per heavy atom. The molecule has 0 aliphatic rings. The Hall–Kier alpha value is -0.710. The number of thioether (sulfide) groups is 1. The van der Waals surface area contributed by atoms with Crippen molar-refractivity contribution >= 4 is 23.6 Å². The van der Waals surface area contributed by atoms with Gasteiger partial charge in [0.25, 0.3) is 0 Å². The Balaban J connectivity index is 3.92. The van der Waals surface area contributed by atoms with Gasteiger partial charge in [-0.15, -0.1) is 11.8 Å². The lowest BCUT2D eigenvalue weighted by Gasteiger charge is -2.18. The summed E-state index contributed by atoms with van der Waals surface area (Å²) in [6.45, 7) is 3.34. The zero-order chi connectivity index (χ0) is 9.78. The van der Waals surface area contributed by atoms with Crippen LogP contribution in [0.15, 0.2) is 0 Å². The highest BCUT2D eigenvalue weighted by molar-refractivity contribution is 8.01. The summed E-state index contributed by atoms with van der Waals surface area (Å²) in [7, 11) is 1.31. The first-order valence-corrected chi connectivity index (χ1v) is 4.39. The molecule has 0 rings (SSSR count). The number of hydrogen-bond acceptors (Lipinski definition) is 4. The molecule has 70 valence electrons. The van der Waals surface area contributed by atoms with Crippen molar-refractivity contribution in [3.05, 3.63) is 0 Å². The maximum absolute atomic E-state index is 10.8. The zero-order valence-electron chi connectivity index (χ0n) is 7.42. The van der Waals surface area contributed by atoms with Gasteiger partial charge in [0.1, 0.15) is 0 Å². The molecule has 0 fully saturated rings. The molecule has 0 heterocycles. The smallest absolute Gasteiger partial charge is 0.315 e. The van der Waals surface area contributed by atoms with E-state index in [2.05, 4.69) is 4.74 Å². The molecule has 0 spiro atoms. The molecule has 0 aromatic carbocycles. The second-order valence-electron chi connectivity index (χ2n) is 2.74. The summed E-state index contributed by atoms with van der Waals surface area (Å²) in [4.78, 5) is 21.5. The van der Waals surface area contributed by atoms with Gasteiger partial charge in [-0.25, -0.2) is 0 Å². The summed E-state index contributed by atoms with van der Waals surface area (Å²) in [6, 6.07) is 0. The van der Waals surface area contributed by atoms with Gasteiger partial charge in [0, 0.05) is 0 Å². The van der Waals surface area contributed by atoms with Crippen molar-refractivity contribution in [1.82, 2.24) is 0 Å². The molecule has 0 atom stereocenters. The fourth-order valence-electron chi connectivity index (χ4n) is 0.369. The van der Waals surface area contributed by atoms with Gasteiger partial charge in [-0.1, -0.05) is 0 Å². The van der Waals surface area contributed by atoms with Crippen LogP contribution < -0.4 is 5.73 Å². The molecule has 0 aliphatic carbocycles. The second kappa shape index (κ2) is 4.35. The van der Waals surface area contributed by atoms with E-state index >= 15 is 0 Å². The highest BCUT2D eigenvalue weighted by Crippen LogP contribution is 2.23. The fraction of sp³-hybridized carbons (Fsp3) is 0.714. The second-order valence-corrected chi connectivity index (χ2v) is 4.34. The molecule has 0 radical (unpaired) electrons. The average molecular weight is 191 g/mol. The summed E-state index contributed by atoms with van der Waals surface area (Å²) in [5, 5.41) is 0. The molecular formula is C7H13NO3S. The van der Waals surface area contributed by atoms with Crippen LogP contribution in [0.25, 0.3) is 0 Å². The van der Waals surface area contributed by atoms with Crippen LogP contribution in [0.5, 0.6) is 0 Å². The molecule has 0 aliphatic heterocycles. The van der Waals surface area contributed by atoms with Crippen LogP contribution in [0.2, 0.25) is 0 Å². The van der Waals surface area contributed by atoms with Crippen LogP contribution in [0.1, 0.15) is 13.8 Å². The van der Waals surface area contributed by atoms with E-state index in [1.165, 1.54) is 18.9 Å². The Morgan fingerprint density at radius 3 is 2.33 bits per heavy atom. The van der Waals surface area contributed by atoms with Gasteiger partial charge < -0.3 is 10.5 Å². The topological polar surface area (TPSA) is 69.4 Å². The van der Waals surface area contributed by atoms with Crippen LogP contribution in [0.3, 0.4) is 0 Å². The average Bonchev–Trinajstić information content (AvgIpc) is 2.00. The Kier molecular flexibility index (Phi) is 4.09. The zero-order valence-corrected chi connectivity index (χ0v) is 8.23. The number of carbonyl (C=O) groups excluding carboxylic acids is 2. The first kappa shape index (κ1) is 11.3. The maximum Gasteiger partial charge on any atom is 0.315 e. The van der Waals surface area contributed by atoms with E-state index in [0.29, 0.717) is 0 Å². The van der Waals surface area contributed by atoms with Gasteiger partial charge in [-0.2, -0.15) is 0 Å². The lowest BCUT2D eigenvalue weighted by atomic mass is 10.2. The number of rotatable bonds is 4. The van der Waals surface area contributed by atoms with Crippen LogP contribution in [0.4, 0.5) is 0 Å². The third-order valence-corrected chi connectivity index (χ3v) is 2.67. The van der Waals surface area contributed by atoms with Gasteiger partial charge in [-0.05, 0) is 13.8 Å². The summed E-state index contributed by atoms with van der Waals surface area (Å²) >= 11 is 1.17. The number of amides is 1. The van der Waals surface area contributed by atoms with E-state index in [1.54, 1.807) is 13.8 Å². The van der Waals surface area contributed by atoms with Gasteiger partial charge in [-0.3, -0.25) is 9.59 Å². The highest BCUT2D eigenvalue weighted by Gasteiger charge is 2.26. The van der Waals surface area contributed by atoms with Crippen molar-refractivity contribution in [2.24, 2.45) is 5.73 Å². The summed E-state index contributed by atoms with van der Waals surface area (Å²) < 4.78 is 3.70. The van der Waals surface area contributed by atoms with E-state index in [1.807, 2.05) is 0 Å². The van der Waals surface area contributed by atoms with Crippen molar-refractivity contribution in [2.75, 3.05) is 12.9 Å². The van der Waals surface area contributed by atoms with Crippen LogP contribution in [-0.4, -0.2) is 29.5 Å². The highest BCUT2D eigenvalue weighted by atomic mass is 32.2. The Morgan fingerprint density at radius 1 is 1.50 bits per heavy atom. The van der Waals surface area contributed by atoms with Gasteiger partial charge >= 0.3 is 5.97 Å². The van der Waals surface area contributed by atoms with E-state index in [0.717, 1.165) is 0 Å². The molecular weight excluding hydrogens is 178 g/mol. The predicted octanol–water partition coefficient (Wildman–Crippen LogP) is 0.156. The molecule has 0 aromatic heterocycles. The van der Waals surface area contributed by atoms with Crippen LogP contribution >= 0.6 is 11.8 Å². The van der Waals surface area contributed by atoms with E-state index in [4.69, 9.17) is 5.73 Å². The molecule has 0 bridgehead atoms. The maximum atomic E-state index is 10.8. The first-order chi connectivity index (χ1) is 5.40. The lowest BCUT2D eigenvalue weighted by molar-refractivity contribution is -0.137. The number of nitrogens with two attached hydrogens (primary N) is 1. The van der Waals surface area contributed by atoms with Crippen molar-refractivity contribution in [3.63, 3.8) is 0 Å². The molecule has 12 heavy (non-hydrogen) atoms. The minimum Gasteiger partial charge on any atom is -0.468 e. The molecule has 0 unspecified atom stereocenters. The standard InChI is InChI=1S/C7H13NO3S/c1-7(2,6(8)10)12-4-5(9)11-3/h4H2,1-3H3,(H2,8,10). The number of carbonyl (C=O) groups is 2. The molecule has 2 N–H and O–H groups in total. The minimum atomic E-state index is -0.714. The number of hydrogen-bond donors (Lipinski definition) is 1. The first-order valence-electron chi connectivity index (χ1n) is 3.41. The third kappa shape index (κ3) is 3.61. The number of esters is 1.